The van der Waals surface area contributed by atoms with E-state index in [-0.39, 0.29) is 25.7 Å². The number of carbonyl (C=O) groups is 4. The SMILES string of the molecule is CC/C=C\C/C=C\C/C=C\C/C=C\C/C=C\CCCCCC(=O)OCC(COP(=O)(O)OCC(O)COP(=O)(O)OCC(COC(=O)C/C=C\C/C=C\C/C=C\C/C=C\C/C=C\CC)OC(=O)CCCCCCCCCCCCCCCCC)OC(=O)CCCC/C=C\C/C=C\C/C=C\C/C=C\CC. The largest absolute Gasteiger partial charge is 0.472 e. The fourth-order valence-corrected chi connectivity index (χ4v) is 11.4. The van der Waals surface area contributed by atoms with Gasteiger partial charge in [-0.05, 0) is 135 Å². The Kier molecular flexibility index (Phi) is 71.6. The Labute approximate surface area is 629 Å². The molecule has 0 aliphatic heterocycles. The number of phosphoric ester groups is 2. The van der Waals surface area contributed by atoms with Crippen LogP contribution in [0.3, 0.4) is 0 Å². The lowest BCUT2D eigenvalue weighted by Crippen LogP contribution is -2.30. The molecule has 0 rings (SSSR count). The summed E-state index contributed by atoms with van der Waals surface area (Å²) in [6.07, 6.45) is 89.5. The molecule has 0 fully saturated rings. The Morgan fingerprint density at radius 2 is 0.538 bits per heavy atom. The number of allylic oxidation sites excluding steroid dienone is 27. The zero-order valence-corrected chi connectivity index (χ0v) is 66.2. The number of esters is 4. The van der Waals surface area contributed by atoms with Crippen LogP contribution in [0.25, 0.3) is 0 Å². The highest BCUT2D eigenvalue weighted by Crippen LogP contribution is 2.45. The average molecular weight is 1490 g/mol. The topological polar surface area (TPSA) is 237 Å². The van der Waals surface area contributed by atoms with Crippen LogP contribution in [0.2, 0.25) is 0 Å². The maximum Gasteiger partial charge on any atom is 0.472 e. The molecule has 0 aliphatic carbocycles. The summed E-state index contributed by atoms with van der Waals surface area (Å²) in [5.74, 6) is -2.42. The lowest BCUT2D eigenvalue weighted by atomic mass is 10.0. The van der Waals surface area contributed by atoms with E-state index in [1.807, 2.05) is 18.2 Å². The number of phosphoric acid groups is 2. The molecular weight excluding hydrogens is 1350 g/mol. The molecule has 19 heteroatoms. The van der Waals surface area contributed by atoms with E-state index in [4.69, 9.17) is 37.0 Å². The Hall–Kier alpha value is -5.58. The van der Waals surface area contributed by atoms with Crippen molar-refractivity contribution in [3.8, 4) is 0 Å². The summed E-state index contributed by atoms with van der Waals surface area (Å²) < 4.78 is 68.4. The van der Waals surface area contributed by atoms with Crippen LogP contribution in [0.5, 0.6) is 0 Å². The van der Waals surface area contributed by atoms with Gasteiger partial charge in [0.15, 0.2) is 12.2 Å². The van der Waals surface area contributed by atoms with E-state index in [2.05, 4.69) is 174 Å². The van der Waals surface area contributed by atoms with Crippen LogP contribution >= 0.6 is 15.6 Å². The van der Waals surface area contributed by atoms with E-state index < -0.39 is 97.5 Å². The second-order valence-corrected chi connectivity index (χ2v) is 28.4. The molecule has 104 heavy (non-hydrogen) atoms. The normalized spacial score (nSPS) is 14.8. The van der Waals surface area contributed by atoms with E-state index in [1.54, 1.807) is 6.08 Å². The van der Waals surface area contributed by atoms with Gasteiger partial charge < -0.3 is 33.8 Å². The Morgan fingerprint density at radius 3 is 0.875 bits per heavy atom. The van der Waals surface area contributed by atoms with E-state index in [0.717, 1.165) is 135 Å². The second-order valence-electron chi connectivity index (χ2n) is 25.5. The summed E-state index contributed by atoms with van der Waals surface area (Å²) >= 11 is 0. The first-order chi connectivity index (χ1) is 50.7. The molecule has 17 nitrogen and oxygen atoms in total. The maximum absolute atomic E-state index is 13.1. The van der Waals surface area contributed by atoms with Gasteiger partial charge in [0.1, 0.15) is 19.3 Å². The van der Waals surface area contributed by atoms with Crippen LogP contribution in [-0.2, 0) is 65.4 Å². The smallest absolute Gasteiger partial charge is 0.462 e. The predicted octanol–water partition coefficient (Wildman–Crippen LogP) is 23.0. The van der Waals surface area contributed by atoms with E-state index in [0.29, 0.717) is 32.1 Å². The molecule has 0 saturated carbocycles. The number of rotatable bonds is 72. The molecule has 0 amide bonds. The minimum Gasteiger partial charge on any atom is -0.462 e. The van der Waals surface area contributed by atoms with E-state index in [1.165, 1.54) is 64.2 Å². The summed E-state index contributed by atoms with van der Waals surface area (Å²) in [5.41, 5.74) is 0. The van der Waals surface area contributed by atoms with Crippen molar-refractivity contribution in [2.24, 2.45) is 0 Å². The van der Waals surface area contributed by atoms with Gasteiger partial charge in [0.05, 0.1) is 32.8 Å². The number of hydrogen-bond donors (Lipinski definition) is 3. The third kappa shape index (κ3) is 74.7. The van der Waals surface area contributed by atoms with Crippen LogP contribution in [-0.4, -0.2) is 96.7 Å². The standard InChI is InChI=1S/C85H138O17P2/c1-5-9-13-17-21-25-29-33-37-38-39-40-44-46-50-54-58-62-66-70-83(88)96-76-81(102-85(90)72-68-64-60-56-52-48-43-36-32-28-24-20-16-12-8-4)78-100-104(93,94)98-74-79(86)73-97-103(91,92)99-77-80(101-84(89)71-67-63-59-55-51-47-42-35-31-27-23-19-15-11-7-3)75-95-82(87)69-65-61-57-53-49-45-41-34-30-26-22-18-14-10-6-2/h9-10,12-14,16,21-22,24-26,28,33-34,36-37,39-41,43,46,49-50,52-53,56,61,65,79-81,86H,5-8,11,15,17-20,23,27,29-32,35,38,42,44-45,47-48,51,54-55,57-60,62-64,66-78H2,1-4H3,(H,91,92)(H,93,94)/b13-9-,14-10-,16-12-,25-21-,26-22-,28-24-,37-33-,40-39-,41-34-,43-36-,50-46-,53-49-,56-52-,65-61-. The maximum atomic E-state index is 13.1. The highest BCUT2D eigenvalue weighted by atomic mass is 31.2. The van der Waals surface area contributed by atoms with Crippen molar-refractivity contribution < 1.29 is 80.2 Å². The van der Waals surface area contributed by atoms with E-state index in [9.17, 15) is 43.2 Å². The zero-order valence-electron chi connectivity index (χ0n) is 64.4. The van der Waals surface area contributed by atoms with Crippen LogP contribution in [0.4, 0.5) is 0 Å². The highest BCUT2D eigenvalue weighted by molar-refractivity contribution is 7.47. The van der Waals surface area contributed by atoms with Gasteiger partial charge >= 0.3 is 39.5 Å². The average Bonchev–Trinajstić information content (AvgIpc) is 0.918. The predicted molar refractivity (Wildman–Crippen MR) is 426 cm³/mol. The molecule has 0 aliphatic rings. The first-order valence-corrected chi connectivity index (χ1v) is 42.4. The molecule has 0 saturated heterocycles. The molecule has 5 unspecified atom stereocenters. The molecule has 0 aromatic heterocycles. The fraction of sp³-hybridized carbons (Fsp3) is 0.624. The lowest BCUT2D eigenvalue weighted by molar-refractivity contribution is -0.161. The number of hydrogen-bond acceptors (Lipinski definition) is 15. The van der Waals surface area contributed by atoms with Gasteiger partial charge in [0.25, 0.3) is 0 Å². The summed E-state index contributed by atoms with van der Waals surface area (Å²) in [6.45, 7) is 4.32. The van der Waals surface area contributed by atoms with Crippen LogP contribution in [0.1, 0.15) is 285 Å². The van der Waals surface area contributed by atoms with Crippen molar-refractivity contribution in [3.63, 3.8) is 0 Å². The van der Waals surface area contributed by atoms with Crippen LogP contribution < -0.4 is 0 Å². The summed E-state index contributed by atoms with van der Waals surface area (Å²) in [4.78, 5) is 72.9. The zero-order chi connectivity index (χ0) is 76.0. The number of aliphatic hydroxyl groups is 1. The summed E-state index contributed by atoms with van der Waals surface area (Å²) in [6, 6.07) is 0. The van der Waals surface area contributed by atoms with Crippen molar-refractivity contribution in [2.45, 2.75) is 303 Å². The Bertz CT molecular complexity index is 2640. The summed E-state index contributed by atoms with van der Waals surface area (Å²) in [7, 11) is -10.0. The van der Waals surface area contributed by atoms with Crippen molar-refractivity contribution >= 4 is 39.5 Å². The molecule has 0 spiro atoms. The number of carbonyl (C=O) groups excluding carboxylic acids is 4. The molecule has 0 aromatic carbocycles. The van der Waals surface area contributed by atoms with Gasteiger partial charge in [-0.2, -0.15) is 0 Å². The van der Waals surface area contributed by atoms with Gasteiger partial charge in [0, 0.05) is 19.3 Å². The molecule has 5 atom stereocenters. The number of aliphatic hydroxyl groups excluding tert-OH is 1. The van der Waals surface area contributed by atoms with Crippen LogP contribution in [0.15, 0.2) is 170 Å². The fourth-order valence-electron chi connectivity index (χ4n) is 9.84. The molecule has 590 valence electrons. The monoisotopic (exact) mass is 1490 g/mol. The Morgan fingerprint density at radius 1 is 0.288 bits per heavy atom. The van der Waals surface area contributed by atoms with Gasteiger partial charge in [-0.1, -0.05) is 294 Å². The van der Waals surface area contributed by atoms with Gasteiger partial charge in [-0.15, -0.1) is 0 Å². The first kappa shape index (κ1) is 98.4. The molecular formula is C85H138O17P2. The summed E-state index contributed by atoms with van der Waals surface area (Å²) in [5, 5.41) is 10.6. The van der Waals surface area contributed by atoms with Gasteiger partial charge in [-0.25, -0.2) is 9.13 Å². The van der Waals surface area contributed by atoms with Crippen molar-refractivity contribution in [3.05, 3.63) is 170 Å². The van der Waals surface area contributed by atoms with Gasteiger partial charge in [0.2, 0.25) is 0 Å². The van der Waals surface area contributed by atoms with Crippen LogP contribution in [0, 0.1) is 0 Å². The molecule has 0 bridgehead atoms. The lowest BCUT2D eigenvalue weighted by Gasteiger charge is -2.21. The highest BCUT2D eigenvalue weighted by Gasteiger charge is 2.30. The third-order valence-electron chi connectivity index (χ3n) is 15.7. The quantitative estimate of drug-likeness (QED) is 0.0169. The number of unbranched alkanes of at least 4 members (excludes halogenated alkanes) is 19. The first-order valence-electron chi connectivity index (χ1n) is 39.4. The second kappa shape index (κ2) is 75.6. The third-order valence-corrected chi connectivity index (χ3v) is 17.6. The minimum atomic E-state index is -5.01. The van der Waals surface area contributed by atoms with Gasteiger partial charge in [-0.3, -0.25) is 37.3 Å². The van der Waals surface area contributed by atoms with Crippen molar-refractivity contribution in [2.75, 3.05) is 39.6 Å². The Balaban J connectivity index is 5.49. The van der Waals surface area contributed by atoms with Crippen molar-refractivity contribution in [1.82, 2.24) is 0 Å². The molecule has 0 radical (unpaired) electrons. The van der Waals surface area contributed by atoms with Crippen molar-refractivity contribution in [1.29, 1.82) is 0 Å². The minimum absolute atomic E-state index is 0.0268. The molecule has 0 heterocycles. The molecule has 0 aromatic rings. The molecule has 3 N–H and O–H groups in total. The van der Waals surface area contributed by atoms with E-state index >= 15 is 0 Å². The number of ether oxygens (including phenoxy) is 4.